The fourth-order valence-electron chi connectivity index (χ4n) is 1.89. The van der Waals surface area contributed by atoms with E-state index in [1.807, 2.05) is 19.1 Å². The summed E-state index contributed by atoms with van der Waals surface area (Å²) in [5.41, 5.74) is 0.612. The van der Waals surface area contributed by atoms with Crippen molar-refractivity contribution in [2.24, 2.45) is 0 Å². The van der Waals surface area contributed by atoms with Crippen molar-refractivity contribution in [2.45, 2.75) is 45.3 Å². The van der Waals surface area contributed by atoms with Crippen LogP contribution in [0.5, 0.6) is 0 Å². The molecule has 1 aromatic rings. The van der Waals surface area contributed by atoms with E-state index in [0.717, 1.165) is 17.3 Å². The first kappa shape index (κ1) is 14.7. The Morgan fingerprint density at radius 3 is 2.76 bits per heavy atom. The van der Waals surface area contributed by atoms with Gasteiger partial charge in [0.1, 0.15) is 0 Å². The van der Waals surface area contributed by atoms with Crippen LogP contribution in [0.4, 0.5) is 0 Å². The summed E-state index contributed by atoms with van der Waals surface area (Å²) in [6.45, 7) is 6.71. The van der Waals surface area contributed by atoms with Gasteiger partial charge in [-0.05, 0) is 38.0 Å². The second-order valence-corrected chi connectivity index (χ2v) is 5.82. The summed E-state index contributed by atoms with van der Waals surface area (Å²) in [7, 11) is 0. The van der Waals surface area contributed by atoms with Crippen molar-refractivity contribution in [3.05, 3.63) is 34.3 Å². The van der Waals surface area contributed by atoms with Crippen LogP contribution >= 0.6 is 15.9 Å². The van der Waals surface area contributed by atoms with Crippen molar-refractivity contribution in [1.82, 2.24) is 5.32 Å². The highest BCUT2D eigenvalue weighted by atomic mass is 79.9. The Bertz CT molecular complexity index is 352. The van der Waals surface area contributed by atoms with Crippen molar-refractivity contribution in [3.8, 4) is 0 Å². The van der Waals surface area contributed by atoms with Gasteiger partial charge in [0.2, 0.25) is 0 Å². The number of halogens is 1. The molecule has 3 heteroatoms. The average Bonchev–Trinajstić information content (AvgIpc) is 2.26. The molecule has 0 aliphatic heterocycles. The van der Waals surface area contributed by atoms with Crippen LogP contribution in [-0.2, 0) is 0 Å². The maximum Gasteiger partial charge on any atom is 0.0743 e. The van der Waals surface area contributed by atoms with Gasteiger partial charge in [-0.3, -0.25) is 0 Å². The Kier molecular flexibility index (Phi) is 5.63. The average molecular weight is 300 g/mol. The summed E-state index contributed by atoms with van der Waals surface area (Å²) >= 11 is 3.47. The number of hydrogen-bond donors (Lipinski definition) is 2. The van der Waals surface area contributed by atoms with Gasteiger partial charge in [0.15, 0.2) is 0 Å². The minimum atomic E-state index is -0.616. The predicted molar refractivity (Wildman–Crippen MR) is 76.1 cm³/mol. The Labute approximate surface area is 113 Å². The molecule has 0 aliphatic carbocycles. The van der Waals surface area contributed by atoms with Crippen molar-refractivity contribution in [1.29, 1.82) is 0 Å². The van der Waals surface area contributed by atoms with Gasteiger partial charge in [-0.25, -0.2) is 0 Å². The molecular formula is C14H22BrNO. The molecule has 0 amide bonds. The highest BCUT2D eigenvalue weighted by Gasteiger charge is 2.19. The van der Waals surface area contributed by atoms with E-state index in [-0.39, 0.29) is 6.04 Å². The molecule has 17 heavy (non-hydrogen) atoms. The lowest BCUT2D eigenvalue weighted by Gasteiger charge is -2.25. The van der Waals surface area contributed by atoms with Gasteiger partial charge in [0.05, 0.1) is 5.60 Å². The predicted octanol–water partition coefficient (Wildman–Crippen LogP) is 3.65. The fraction of sp³-hybridized carbons (Fsp3) is 0.571. The van der Waals surface area contributed by atoms with Gasteiger partial charge < -0.3 is 10.4 Å². The Morgan fingerprint density at radius 2 is 2.18 bits per heavy atom. The van der Waals surface area contributed by atoms with Crippen molar-refractivity contribution in [2.75, 3.05) is 6.54 Å². The largest absolute Gasteiger partial charge is 0.389 e. The van der Waals surface area contributed by atoms with Crippen molar-refractivity contribution < 1.29 is 5.11 Å². The molecule has 0 bridgehead atoms. The minimum absolute atomic E-state index is 0.246. The third-order valence-corrected chi connectivity index (χ3v) is 3.42. The molecule has 2 nitrogen and oxygen atoms in total. The summed E-state index contributed by atoms with van der Waals surface area (Å²) in [5.74, 6) is 0. The fourth-order valence-corrected chi connectivity index (χ4v) is 2.31. The van der Waals surface area contributed by atoms with Crippen LogP contribution in [0.3, 0.4) is 0 Å². The smallest absolute Gasteiger partial charge is 0.0743 e. The van der Waals surface area contributed by atoms with Crippen LogP contribution in [-0.4, -0.2) is 17.3 Å². The van der Waals surface area contributed by atoms with E-state index in [1.54, 1.807) is 0 Å². The molecule has 1 aromatic carbocycles. The lowest BCUT2D eigenvalue weighted by atomic mass is 9.99. The van der Waals surface area contributed by atoms with Crippen LogP contribution < -0.4 is 5.32 Å². The molecule has 0 aliphatic rings. The topological polar surface area (TPSA) is 32.3 Å². The Hall–Kier alpha value is -0.380. The molecule has 0 spiro atoms. The molecule has 0 radical (unpaired) electrons. The highest BCUT2D eigenvalue weighted by molar-refractivity contribution is 9.10. The van der Waals surface area contributed by atoms with E-state index >= 15 is 0 Å². The Balaban J connectivity index is 2.52. The Morgan fingerprint density at radius 1 is 1.47 bits per heavy atom. The maximum atomic E-state index is 10.1. The zero-order valence-corrected chi connectivity index (χ0v) is 12.4. The first-order valence-electron chi connectivity index (χ1n) is 6.16. The molecule has 0 fully saturated rings. The molecule has 2 atom stereocenters. The molecule has 0 aromatic heterocycles. The standard InChI is InChI=1S/C14H22BrNO/c1-4-8-14(3,17)10-16-11(2)12-6-5-7-13(15)9-12/h5-7,9,11,16-17H,4,8,10H2,1-3H3. The molecule has 0 saturated carbocycles. The first-order chi connectivity index (χ1) is 7.94. The lowest BCUT2D eigenvalue weighted by Crippen LogP contribution is -2.38. The minimum Gasteiger partial charge on any atom is -0.389 e. The van der Waals surface area contributed by atoms with E-state index in [1.165, 1.54) is 5.56 Å². The van der Waals surface area contributed by atoms with Gasteiger partial charge in [-0.2, -0.15) is 0 Å². The lowest BCUT2D eigenvalue weighted by molar-refractivity contribution is 0.0477. The van der Waals surface area contributed by atoms with E-state index in [9.17, 15) is 5.11 Å². The second-order valence-electron chi connectivity index (χ2n) is 4.90. The molecule has 1 rings (SSSR count). The van der Waals surface area contributed by atoms with Crippen molar-refractivity contribution in [3.63, 3.8) is 0 Å². The first-order valence-corrected chi connectivity index (χ1v) is 6.95. The zero-order valence-electron chi connectivity index (χ0n) is 10.8. The highest BCUT2D eigenvalue weighted by Crippen LogP contribution is 2.19. The summed E-state index contributed by atoms with van der Waals surface area (Å²) in [4.78, 5) is 0. The monoisotopic (exact) mass is 299 g/mol. The van der Waals surface area contributed by atoms with Gasteiger partial charge >= 0.3 is 0 Å². The SMILES string of the molecule is CCCC(C)(O)CNC(C)c1cccc(Br)c1. The number of hydrogen-bond acceptors (Lipinski definition) is 2. The van der Waals surface area contributed by atoms with Crippen molar-refractivity contribution >= 4 is 15.9 Å². The van der Waals surface area contributed by atoms with E-state index < -0.39 is 5.60 Å². The number of aliphatic hydroxyl groups is 1. The quantitative estimate of drug-likeness (QED) is 0.840. The third-order valence-electron chi connectivity index (χ3n) is 2.93. The van der Waals surface area contributed by atoms with E-state index in [0.29, 0.717) is 6.54 Å². The van der Waals surface area contributed by atoms with Crippen LogP contribution in [0.2, 0.25) is 0 Å². The zero-order chi connectivity index (χ0) is 12.9. The number of nitrogens with one attached hydrogen (secondary N) is 1. The van der Waals surface area contributed by atoms with Crippen LogP contribution in [0.1, 0.15) is 45.2 Å². The molecule has 0 heterocycles. The summed E-state index contributed by atoms with van der Waals surface area (Å²) < 4.78 is 1.09. The normalized spacial score (nSPS) is 16.5. The molecule has 0 saturated heterocycles. The van der Waals surface area contributed by atoms with E-state index in [4.69, 9.17) is 0 Å². The summed E-state index contributed by atoms with van der Waals surface area (Å²) in [6, 6.07) is 8.49. The van der Waals surface area contributed by atoms with Gasteiger partial charge in [-0.15, -0.1) is 0 Å². The van der Waals surface area contributed by atoms with Crippen LogP contribution in [0.25, 0.3) is 0 Å². The third kappa shape index (κ3) is 5.19. The van der Waals surface area contributed by atoms with Gasteiger partial charge in [0, 0.05) is 17.1 Å². The second kappa shape index (κ2) is 6.53. The number of rotatable bonds is 6. The molecule has 96 valence electrons. The van der Waals surface area contributed by atoms with E-state index in [2.05, 4.69) is 47.2 Å². The maximum absolute atomic E-state index is 10.1. The molecular weight excluding hydrogens is 278 g/mol. The van der Waals surface area contributed by atoms with Gasteiger partial charge in [-0.1, -0.05) is 41.4 Å². The van der Waals surface area contributed by atoms with Crippen LogP contribution in [0.15, 0.2) is 28.7 Å². The van der Waals surface area contributed by atoms with Gasteiger partial charge in [0.25, 0.3) is 0 Å². The molecule has 2 unspecified atom stereocenters. The van der Waals surface area contributed by atoms with Crippen LogP contribution in [0, 0.1) is 0 Å². The summed E-state index contributed by atoms with van der Waals surface area (Å²) in [5, 5.41) is 13.5. The number of benzene rings is 1. The molecule has 2 N–H and O–H groups in total. The summed E-state index contributed by atoms with van der Waals surface area (Å²) in [6.07, 6.45) is 1.82.